The summed E-state index contributed by atoms with van der Waals surface area (Å²) in [5, 5.41) is 1.24. The molecule has 4 rings (SSSR count). The Morgan fingerprint density at radius 2 is 1.71 bits per heavy atom. The number of halogens is 3. The Labute approximate surface area is 199 Å². The normalized spacial score (nSPS) is 15.4. The SMILES string of the molecule is Cc1cc(/C=C2\SC(=O)N(Cc3ccc(Cl)cc3)C2=O)c(C)n1-c1cccc(Cl)c1Cl. The lowest BCUT2D eigenvalue weighted by Crippen LogP contribution is -2.27. The van der Waals surface area contributed by atoms with Crippen LogP contribution in [0.25, 0.3) is 11.8 Å². The van der Waals surface area contributed by atoms with E-state index in [9.17, 15) is 9.59 Å². The Bertz CT molecular complexity index is 1230. The molecule has 31 heavy (non-hydrogen) atoms. The number of rotatable bonds is 4. The summed E-state index contributed by atoms with van der Waals surface area (Å²) in [6, 6.07) is 14.5. The van der Waals surface area contributed by atoms with Crippen molar-refractivity contribution in [1.82, 2.24) is 9.47 Å². The summed E-state index contributed by atoms with van der Waals surface area (Å²) in [6.45, 7) is 4.10. The summed E-state index contributed by atoms with van der Waals surface area (Å²) in [6.07, 6.45) is 1.75. The average molecular weight is 492 g/mol. The minimum atomic E-state index is -0.310. The Hall–Kier alpha value is -2.18. The predicted octanol–water partition coefficient (Wildman–Crippen LogP) is 7.29. The highest BCUT2D eigenvalue weighted by Crippen LogP contribution is 2.36. The third kappa shape index (κ3) is 4.28. The molecule has 1 aliphatic rings. The van der Waals surface area contributed by atoms with Crippen molar-refractivity contribution in [2.45, 2.75) is 20.4 Å². The van der Waals surface area contributed by atoms with E-state index >= 15 is 0 Å². The third-order valence-electron chi connectivity index (χ3n) is 5.06. The van der Waals surface area contributed by atoms with E-state index in [1.165, 1.54) is 4.90 Å². The zero-order valence-corrected chi connectivity index (χ0v) is 19.7. The minimum absolute atomic E-state index is 0.205. The van der Waals surface area contributed by atoms with Gasteiger partial charge in [-0.15, -0.1) is 0 Å². The predicted molar refractivity (Wildman–Crippen MR) is 128 cm³/mol. The number of hydrogen-bond donors (Lipinski definition) is 0. The summed E-state index contributed by atoms with van der Waals surface area (Å²) >= 11 is 19.5. The van der Waals surface area contributed by atoms with Crippen LogP contribution in [0.2, 0.25) is 15.1 Å². The molecular weight excluding hydrogens is 475 g/mol. The number of aryl methyl sites for hydroxylation is 1. The van der Waals surface area contributed by atoms with Gasteiger partial charge in [0.1, 0.15) is 0 Å². The van der Waals surface area contributed by atoms with Gasteiger partial charge in [-0.05, 0) is 73.1 Å². The van der Waals surface area contributed by atoms with E-state index in [0.29, 0.717) is 20.0 Å². The summed E-state index contributed by atoms with van der Waals surface area (Å²) in [5.74, 6) is -0.310. The van der Waals surface area contributed by atoms with Gasteiger partial charge in [-0.25, -0.2) is 0 Å². The van der Waals surface area contributed by atoms with Gasteiger partial charge in [0.25, 0.3) is 11.1 Å². The van der Waals surface area contributed by atoms with Crippen molar-refractivity contribution in [2.24, 2.45) is 0 Å². The van der Waals surface area contributed by atoms with Crippen molar-refractivity contribution >= 4 is 63.8 Å². The molecule has 1 aromatic heterocycles. The first-order chi connectivity index (χ1) is 14.8. The molecular formula is C23H17Cl3N2O2S. The topological polar surface area (TPSA) is 42.3 Å². The average Bonchev–Trinajstić information content (AvgIpc) is 3.15. The minimum Gasteiger partial charge on any atom is -0.316 e. The fourth-order valence-corrected chi connectivity index (χ4v) is 4.85. The molecule has 0 atom stereocenters. The van der Waals surface area contributed by atoms with Crippen molar-refractivity contribution in [3.63, 3.8) is 0 Å². The lowest BCUT2D eigenvalue weighted by molar-refractivity contribution is -0.123. The quantitative estimate of drug-likeness (QED) is 0.360. The van der Waals surface area contributed by atoms with Gasteiger partial charge in [0.05, 0.1) is 27.2 Å². The summed E-state index contributed by atoms with van der Waals surface area (Å²) in [4.78, 5) is 27.0. The van der Waals surface area contributed by atoms with Crippen LogP contribution in [0.3, 0.4) is 0 Å². The van der Waals surface area contributed by atoms with Gasteiger partial charge in [0, 0.05) is 16.4 Å². The molecule has 2 amide bonds. The summed E-state index contributed by atoms with van der Waals surface area (Å²) < 4.78 is 1.98. The van der Waals surface area contributed by atoms with E-state index in [1.807, 2.05) is 36.6 Å². The molecule has 0 spiro atoms. The van der Waals surface area contributed by atoms with E-state index in [2.05, 4.69) is 0 Å². The van der Waals surface area contributed by atoms with Crippen molar-refractivity contribution in [3.05, 3.63) is 91.0 Å². The standard InChI is InChI=1S/C23H17Cl3N2O2S/c1-13-10-16(14(2)28(13)19-5-3-4-18(25)21(19)26)11-20-22(29)27(23(30)31-20)12-15-6-8-17(24)9-7-15/h3-11H,12H2,1-2H3/b20-11-. The Balaban J connectivity index is 1.65. The van der Waals surface area contributed by atoms with Crippen LogP contribution in [-0.2, 0) is 11.3 Å². The largest absolute Gasteiger partial charge is 0.316 e. The summed E-state index contributed by atoms with van der Waals surface area (Å²) in [7, 11) is 0. The molecule has 0 bridgehead atoms. The number of nitrogens with zero attached hydrogens (tertiary/aromatic N) is 2. The van der Waals surface area contributed by atoms with E-state index in [1.54, 1.807) is 36.4 Å². The zero-order chi connectivity index (χ0) is 22.3. The fourth-order valence-electron chi connectivity index (χ4n) is 3.52. The highest BCUT2D eigenvalue weighted by atomic mass is 35.5. The van der Waals surface area contributed by atoms with E-state index in [4.69, 9.17) is 34.8 Å². The van der Waals surface area contributed by atoms with Crippen LogP contribution in [0.1, 0.15) is 22.5 Å². The number of amides is 2. The Morgan fingerprint density at radius 1 is 1.00 bits per heavy atom. The molecule has 4 nitrogen and oxygen atoms in total. The van der Waals surface area contributed by atoms with Gasteiger partial charge < -0.3 is 4.57 Å². The molecule has 2 heterocycles. The second-order valence-corrected chi connectivity index (χ2v) is 9.34. The number of carbonyl (C=O) groups is 2. The highest BCUT2D eigenvalue weighted by molar-refractivity contribution is 8.18. The fraction of sp³-hybridized carbons (Fsp3) is 0.130. The second-order valence-electron chi connectivity index (χ2n) is 7.13. The van der Waals surface area contributed by atoms with Crippen LogP contribution >= 0.6 is 46.6 Å². The van der Waals surface area contributed by atoms with Crippen LogP contribution in [0.15, 0.2) is 53.4 Å². The smallest absolute Gasteiger partial charge is 0.293 e. The van der Waals surface area contributed by atoms with Crippen molar-refractivity contribution in [3.8, 4) is 5.69 Å². The molecule has 0 aliphatic carbocycles. The number of benzene rings is 2. The van der Waals surface area contributed by atoms with Gasteiger partial charge in [0.2, 0.25) is 0 Å². The molecule has 8 heteroatoms. The lowest BCUT2D eigenvalue weighted by Gasteiger charge is -2.13. The van der Waals surface area contributed by atoms with Crippen molar-refractivity contribution in [2.75, 3.05) is 0 Å². The first kappa shape index (κ1) is 22.0. The molecule has 0 unspecified atom stereocenters. The molecule has 2 aromatic carbocycles. The number of carbonyl (C=O) groups excluding carboxylic acids is 2. The van der Waals surface area contributed by atoms with E-state index in [0.717, 1.165) is 40.0 Å². The van der Waals surface area contributed by atoms with E-state index < -0.39 is 0 Å². The van der Waals surface area contributed by atoms with Gasteiger partial charge in [-0.3, -0.25) is 14.5 Å². The number of imide groups is 1. The first-order valence-corrected chi connectivity index (χ1v) is 11.3. The second kappa shape index (κ2) is 8.75. The maximum atomic E-state index is 12.9. The van der Waals surface area contributed by atoms with Gasteiger partial charge >= 0.3 is 0 Å². The molecule has 1 fully saturated rings. The maximum absolute atomic E-state index is 12.9. The molecule has 0 radical (unpaired) electrons. The first-order valence-electron chi connectivity index (χ1n) is 9.39. The maximum Gasteiger partial charge on any atom is 0.293 e. The third-order valence-corrected chi connectivity index (χ3v) is 7.02. The van der Waals surface area contributed by atoms with Crippen LogP contribution in [-0.4, -0.2) is 20.6 Å². The van der Waals surface area contributed by atoms with Crippen molar-refractivity contribution in [1.29, 1.82) is 0 Å². The van der Waals surface area contributed by atoms with Crippen molar-refractivity contribution < 1.29 is 9.59 Å². The Kier molecular flexibility index (Phi) is 6.22. The van der Waals surface area contributed by atoms with Gasteiger partial charge in [0.15, 0.2) is 0 Å². The van der Waals surface area contributed by atoms with Gasteiger partial charge in [-0.1, -0.05) is 53.0 Å². The van der Waals surface area contributed by atoms with Crippen LogP contribution < -0.4 is 0 Å². The van der Waals surface area contributed by atoms with Crippen LogP contribution in [0, 0.1) is 13.8 Å². The van der Waals surface area contributed by atoms with Gasteiger partial charge in [-0.2, -0.15) is 0 Å². The lowest BCUT2D eigenvalue weighted by atomic mass is 10.2. The van der Waals surface area contributed by atoms with Crippen LogP contribution in [0.4, 0.5) is 4.79 Å². The van der Waals surface area contributed by atoms with Crippen LogP contribution in [0.5, 0.6) is 0 Å². The molecule has 158 valence electrons. The molecule has 1 saturated heterocycles. The number of thioether (sulfide) groups is 1. The number of hydrogen-bond acceptors (Lipinski definition) is 3. The molecule has 0 saturated carbocycles. The highest BCUT2D eigenvalue weighted by Gasteiger charge is 2.35. The summed E-state index contributed by atoms with van der Waals surface area (Å²) in [5.41, 5.74) is 4.27. The zero-order valence-electron chi connectivity index (χ0n) is 16.7. The molecule has 0 N–H and O–H groups in total. The van der Waals surface area contributed by atoms with E-state index in [-0.39, 0.29) is 17.7 Å². The monoisotopic (exact) mass is 490 g/mol. The Morgan fingerprint density at radius 3 is 2.42 bits per heavy atom. The number of aromatic nitrogens is 1. The molecule has 1 aliphatic heterocycles. The molecule has 3 aromatic rings.